The smallest absolute Gasteiger partial charge is 0.125 e. The van der Waals surface area contributed by atoms with Crippen molar-refractivity contribution in [1.82, 2.24) is 14.9 Å². The Morgan fingerprint density at radius 1 is 1.47 bits per heavy atom. The minimum Gasteiger partial charge on any atom is -0.325 e. The van der Waals surface area contributed by atoms with Gasteiger partial charge >= 0.3 is 0 Å². The lowest BCUT2D eigenvalue weighted by atomic mass is 10.2. The second kappa shape index (κ2) is 4.93. The maximum Gasteiger partial charge on any atom is 0.125 e. The van der Waals surface area contributed by atoms with Crippen molar-refractivity contribution in [2.75, 3.05) is 6.54 Å². The Labute approximate surface area is 112 Å². The molecule has 0 saturated heterocycles. The summed E-state index contributed by atoms with van der Waals surface area (Å²) in [5.41, 5.74) is 1.85. The first-order valence-corrected chi connectivity index (χ1v) is 7.08. The van der Waals surface area contributed by atoms with Gasteiger partial charge in [0.25, 0.3) is 0 Å². The Kier molecular flexibility index (Phi) is 3.27. The van der Waals surface area contributed by atoms with Crippen molar-refractivity contribution in [3.8, 4) is 0 Å². The van der Waals surface area contributed by atoms with Crippen molar-refractivity contribution in [3.05, 3.63) is 29.8 Å². The van der Waals surface area contributed by atoms with Crippen LogP contribution in [-0.4, -0.2) is 22.1 Å². The summed E-state index contributed by atoms with van der Waals surface area (Å²) in [4.78, 5) is 4.64. The molecule has 1 aliphatic rings. The van der Waals surface area contributed by atoms with Crippen molar-refractivity contribution in [2.45, 2.75) is 45.2 Å². The van der Waals surface area contributed by atoms with E-state index in [0.29, 0.717) is 12.1 Å². The number of benzene rings is 1. The lowest BCUT2D eigenvalue weighted by Crippen LogP contribution is -2.28. The zero-order valence-electron chi connectivity index (χ0n) is 11.5. The molecule has 1 aromatic carbocycles. The number of hydrogen-bond acceptors (Lipinski definition) is 2. The van der Waals surface area contributed by atoms with Crippen molar-refractivity contribution in [1.29, 1.82) is 0 Å². The van der Waals surface area contributed by atoms with Gasteiger partial charge < -0.3 is 9.88 Å². The summed E-state index contributed by atoms with van der Waals surface area (Å²) in [5, 5.41) is 3.41. The normalized spacial score (nSPS) is 17.0. The van der Waals surface area contributed by atoms with Crippen LogP contribution in [0.2, 0.25) is 0 Å². The number of nitrogens with zero attached hydrogens (tertiary/aromatic N) is 2. The van der Waals surface area contributed by atoms with E-state index in [4.69, 9.17) is 0 Å². The predicted molar refractivity (Wildman–Crippen MR) is 74.8 cm³/mol. The molecular weight excluding hydrogens is 241 g/mol. The molecule has 2 aromatic rings. The molecule has 0 spiro atoms. The molecule has 0 aliphatic heterocycles. The maximum absolute atomic E-state index is 13.3. The predicted octanol–water partition coefficient (Wildman–Crippen LogP) is 3.05. The SMILES string of the molecule is CCNC(C)Cc1nc2cc(F)ccc2n1C1CC1. The van der Waals surface area contributed by atoms with Gasteiger partial charge in [0.05, 0.1) is 11.0 Å². The first-order chi connectivity index (χ1) is 9.19. The van der Waals surface area contributed by atoms with Gasteiger partial charge in [-0.3, -0.25) is 0 Å². The molecule has 1 N–H and O–H groups in total. The number of imidazole rings is 1. The average molecular weight is 261 g/mol. The molecule has 1 atom stereocenters. The number of rotatable bonds is 5. The van der Waals surface area contributed by atoms with E-state index in [1.807, 2.05) is 6.07 Å². The largest absolute Gasteiger partial charge is 0.325 e. The van der Waals surface area contributed by atoms with Gasteiger partial charge in [0.1, 0.15) is 11.6 Å². The first-order valence-electron chi connectivity index (χ1n) is 7.08. The summed E-state index contributed by atoms with van der Waals surface area (Å²) < 4.78 is 15.6. The van der Waals surface area contributed by atoms with Crippen LogP contribution >= 0.6 is 0 Å². The molecular formula is C15H20FN3. The molecule has 102 valence electrons. The van der Waals surface area contributed by atoms with Crippen molar-refractivity contribution >= 4 is 11.0 Å². The molecule has 3 rings (SSSR count). The van der Waals surface area contributed by atoms with Crippen molar-refractivity contribution < 1.29 is 4.39 Å². The Hall–Kier alpha value is -1.42. The van der Waals surface area contributed by atoms with Gasteiger partial charge in [0.2, 0.25) is 0 Å². The second-order valence-corrected chi connectivity index (χ2v) is 5.43. The molecule has 1 saturated carbocycles. The van der Waals surface area contributed by atoms with Crippen molar-refractivity contribution in [2.24, 2.45) is 0 Å². The summed E-state index contributed by atoms with van der Waals surface area (Å²) in [5.74, 6) is 0.871. The van der Waals surface area contributed by atoms with Gasteiger partial charge in [-0.05, 0) is 38.4 Å². The minimum atomic E-state index is -0.209. The van der Waals surface area contributed by atoms with Crippen LogP contribution in [0, 0.1) is 5.82 Å². The molecule has 1 fully saturated rings. The number of likely N-dealkylation sites (N-methyl/N-ethyl adjacent to an activating group) is 1. The van der Waals surface area contributed by atoms with E-state index < -0.39 is 0 Å². The van der Waals surface area contributed by atoms with Crippen LogP contribution in [0.5, 0.6) is 0 Å². The van der Waals surface area contributed by atoms with E-state index in [9.17, 15) is 4.39 Å². The number of fused-ring (bicyclic) bond motifs is 1. The molecule has 1 aromatic heterocycles. The van der Waals surface area contributed by atoms with Crippen LogP contribution in [0.25, 0.3) is 11.0 Å². The summed E-state index contributed by atoms with van der Waals surface area (Å²) in [6.45, 7) is 5.23. The Morgan fingerprint density at radius 2 is 2.26 bits per heavy atom. The molecule has 1 aliphatic carbocycles. The highest BCUT2D eigenvalue weighted by Gasteiger charge is 2.28. The molecule has 4 heteroatoms. The maximum atomic E-state index is 13.3. The summed E-state index contributed by atoms with van der Waals surface area (Å²) in [6, 6.07) is 5.89. The fraction of sp³-hybridized carbons (Fsp3) is 0.533. The lowest BCUT2D eigenvalue weighted by Gasteiger charge is -2.13. The molecule has 0 radical (unpaired) electrons. The number of hydrogen-bond donors (Lipinski definition) is 1. The first kappa shape index (κ1) is 12.6. The van der Waals surface area contributed by atoms with Gasteiger partial charge in [-0.25, -0.2) is 9.37 Å². The van der Waals surface area contributed by atoms with E-state index in [2.05, 4.69) is 28.7 Å². The van der Waals surface area contributed by atoms with Crippen LogP contribution in [0.3, 0.4) is 0 Å². The van der Waals surface area contributed by atoms with Crippen LogP contribution < -0.4 is 5.32 Å². The quantitative estimate of drug-likeness (QED) is 0.896. The summed E-state index contributed by atoms with van der Waals surface area (Å²) in [7, 11) is 0. The fourth-order valence-electron chi connectivity index (χ4n) is 2.70. The Bertz CT molecular complexity index is 586. The van der Waals surface area contributed by atoms with Gasteiger partial charge in [-0.1, -0.05) is 6.92 Å². The van der Waals surface area contributed by atoms with Crippen LogP contribution in [0.15, 0.2) is 18.2 Å². The van der Waals surface area contributed by atoms with Crippen LogP contribution in [0.4, 0.5) is 4.39 Å². The monoisotopic (exact) mass is 261 g/mol. The zero-order valence-corrected chi connectivity index (χ0v) is 11.5. The molecule has 3 nitrogen and oxygen atoms in total. The second-order valence-electron chi connectivity index (χ2n) is 5.43. The third-order valence-corrected chi connectivity index (χ3v) is 3.68. The Balaban J connectivity index is 2.00. The third-order valence-electron chi connectivity index (χ3n) is 3.68. The van der Waals surface area contributed by atoms with Gasteiger partial charge in [-0.2, -0.15) is 0 Å². The average Bonchev–Trinajstić information content (AvgIpc) is 3.12. The molecule has 19 heavy (non-hydrogen) atoms. The van der Waals surface area contributed by atoms with Gasteiger partial charge in [0, 0.05) is 24.6 Å². The molecule has 1 unspecified atom stereocenters. The van der Waals surface area contributed by atoms with Gasteiger partial charge in [-0.15, -0.1) is 0 Å². The van der Waals surface area contributed by atoms with Crippen LogP contribution in [0.1, 0.15) is 38.6 Å². The number of aromatic nitrogens is 2. The van der Waals surface area contributed by atoms with E-state index >= 15 is 0 Å². The Morgan fingerprint density at radius 3 is 2.95 bits per heavy atom. The van der Waals surface area contributed by atoms with E-state index in [1.165, 1.54) is 25.0 Å². The van der Waals surface area contributed by atoms with E-state index in [0.717, 1.165) is 29.8 Å². The topological polar surface area (TPSA) is 29.9 Å². The van der Waals surface area contributed by atoms with Crippen molar-refractivity contribution in [3.63, 3.8) is 0 Å². The standard InChI is InChI=1S/C15H20FN3/c1-3-17-10(2)8-15-18-13-9-11(16)4-7-14(13)19(15)12-5-6-12/h4,7,9-10,12,17H,3,5-6,8H2,1-2H3. The molecule has 0 amide bonds. The zero-order chi connectivity index (χ0) is 13.4. The van der Waals surface area contributed by atoms with E-state index in [1.54, 1.807) is 0 Å². The fourth-order valence-corrected chi connectivity index (χ4v) is 2.70. The van der Waals surface area contributed by atoms with E-state index in [-0.39, 0.29) is 5.82 Å². The van der Waals surface area contributed by atoms with Gasteiger partial charge in [0.15, 0.2) is 0 Å². The van der Waals surface area contributed by atoms with Crippen LogP contribution in [-0.2, 0) is 6.42 Å². The summed E-state index contributed by atoms with van der Waals surface area (Å²) in [6.07, 6.45) is 3.32. The lowest BCUT2D eigenvalue weighted by molar-refractivity contribution is 0.536. The minimum absolute atomic E-state index is 0.209. The highest BCUT2D eigenvalue weighted by atomic mass is 19.1. The highest BCUT2D eigenvalue weighted by molar-refractivity contribution is 5.76. The third kappa shape index (κ3) is 2.50. The highest BCUT2D eigenvalue weighted by Crippen LogP contribution is 2.39. The summed E-state index contributed by atoms with van der Waals surface area (Å²) >= 11 is 0. The number of nitrogens with one attached hydrogen (secondary N) is 1. The number of halogens is 1. The molecule has 0 bridgehead atoms. The molecule has 1 heterocycles.